The van der Waals surface area contributed by atoms with Gasteiger partial charge in [0.2, 0.25) is 0 Å². The van der Waals surface area contributed by atoms with Crippen LogP contribution in [0.5, 0.6) is 5.75 Å². The summed E-state index contributed by atoms with van der Waals surface area (Å²) in [6.07, 6.45) is 1.30. The minimum absolute atomic E-state index is 0.0872. The third-order valence-electron chi connectivity index (χ3n) is 2.90. The highest BCUT2D eigenvalue weighted by Crippen LogP contribution is 2.20. The lowest BCUT2D eigenvalue weighted by Crippen LogP contribution is -2.30. The Morgan fingerprint density at radius 1 is 1.35 bits per heavy atom. The molecule has 1 aromatic carbocycles. The number of benzene rings is 1. The summed E-state index contributed by atoms with van der Waals surface area (Å²) < 4.78 is 5.61. The van der Waals surface area contributed by atoms with E-state index in [1.165, 1.54) is 0 Å². The maximum absolute atomic E-state index is 12.0. The molecule has 0 spiro atoms. The Hall–Kier alpha value is -1.02. The number of halogens is 1. The number of ether oxygens (including phenoxy) is 1. The molecule has 0 saturated heterocycles. The van der Waals surface area contributed by atoms with Crippen molar-refractivity contribution in [1.82, 2.24) is 0 Å². The Morgan fingerprint density at radius 2 is 2.00 bits per heavy atom. The molecule has 2 nitrogen and oxygen atoms in total. The van der Waals surface area contributed by atoms with Gasteiger partial charge in [0.15, 0.2) is 11.9 Å². The second-order valence-corrected chi connectivity index (χ2v) is 4.57. The van der Waals surface area contributed by atoms with Crippen LogP contribution in [-0.4, -0.2) is 11.9 Å². The van der Waals surface area contributed by atoms with Crippen LogP contribution in [0.25, 0.3) is 0 Å². The van der Waals surface area contributed by atoms with Crippen molar-refractivity contribution < 1.29 is 9.53 Å². The van der Waals surface area contributed by atoms with E-state index in [1.54, 1.807) is 19.1 Å². The number of hydrogen-bond acceptors (Lipinski definition) is 2. The molecule has 0 saturated carbocycles. The highest BCUT2D eigenvalue weighted by Gasteiger charge is 2.22. The second-order valence-electron chi connectivity index (χ2n) is 4.13. The van der Waals surface area contributed by atoms with E-state index in [9.17, 15) is 4.79 Å². The van der Waals surface area contributed by atoms with Crippen molar-refractivity contribution in [3.8, 4) is 5.75 Å². The lowest BCUT2D eigenvalue weighted by molar-refractivity contribution is -0.129. The van der Waals surface area contributed by atoms with Crippen LogP contribution >= 0.6 is 11.6 Å². The number of rotatable bonds is 6. The molecule has 1 unspecified atom stereocenters. The monoisotopic (exact) mass is 254 g/mol. The molecule has 0 aliphatic heterocycles. The van der Waals surface area contributed by atoms with Crippen LogP contribution in [0.1, 0.15) is 33.6 Å². The number of ketones is 1. The minimum atomic E-state index is -0.418. The lowest BCUT2D eigenvalue weighted by atomic mass is 9.95. The molecule has 0 aliphatic rings. The molecule has 0 aliphatic carbocycles. The zero-order chi connectivity index (χ0) is 12.8. The van der Waals surface area contributed by atoms with Gasteiger partial charge in [0.1, 0.15) is 5.75 Å². The first-order valence-corrected chi connectivity index (χ1v) is 6.42. The summed E-state index contributed by atoms with van der Waals surface area (Å²) in [5, 5.41) is 0.615. The van der Waals surface area contributed by atoms with Crippen LogP contribution in [0, 0.1) is 5.92 Å². The number of Topliss-reactive ketones (excluding diaryl/α,β-unsaturated/α-hetero) is 1. The molecule has 0 radical (unpaired) electrons. The fourth-order valence-corrected chi connectivity index (χ4v) is 2.01. The summed E-state index contributed by atoms with van der Waals surface area (Å²) in [6, 6.07) is 7.12. The predicted octanol–water partition coefficient (Wildman–Crippen LogP) is 4.11. The maximum atomic E-state index is 12.0. The Morgan fingerprint density at radius 3 is 2.53 bits per heavy atom. The molecule has 0 N–H and O–H groups in total. The van der Waals surface area contributed by atoms with Gasteiger partial charge in [0.25, 0.3) is 0 Å². The maximum Gasteiger partial charge on any atom is 0.176 e. The highest BCUT2D eigenvalue weighted by molar-refractivity contribution is 6.30. The van der Waals surface area contributed by atoms with Crippen molar-refractivity contribution in [3.63, 3.8) is 0 Å². The van der Waals surface area contributed by atoms with Gasteiger partial charge in [0.05, 0.1) is 0 Å². The van der Waals surface area contributed by atoms with Crippen molar-refractivity contribution in [2.24, 2.45) is 5.92 Å². The van der Waals surface area contributed by atoms with E-state index in [4.69, 9.17) is 16.3 Å². The molecular weight excluding hydrogens is 236 g/mol. The van der Waals surface area contributed by atoms with E-state index in [0.717, 1.165) is 12.8 Å². The van der Waals surface area contributed by atoms with E-state index in [1.807, 2.05) is 26.0 Å². The third kappa shape index (κ3) is 4.04. The van der Waals surface area contributed by atoms with E-state index in [0.29, 0.717) is 10.8 Å². The van der Waals surface area contributed by atoms with E-state index in [-0.39, 0.29) is 11.7 Å². The Bertz CT molecular complexity index is 372. The summed E-state index contributed by atoms with van der Waals surface area (Å²) in [5.74, 6) is 0.892. The van der Waals surface area contributed by atoms with Gasteiger partial charge in [0, 0.05) is 10.9 Å². The molecule has 94 valence electrons. The van der Waals surface area contributed by atoms with Crippen molar-refractivity contribution in [1.29, 1.82) is 0 Å². The molecule has 0 heterocycles. The number of carbonyl (C=O) groups excluding carboxylic acids is 1. The summed E-state index contributed by atoms with van der Waals surface area (Å²) >= 11 is 5.86. The van der Waals surface area contributed by atoms with Gasteiger partial charge in [-0.2, -0.15) is 0 Å². The Labute approximate surface area is 108 Å². The van der Waals surface area contributed by atoms with Crippen LogP contribution in [0.2, 0.25) is 5.02 Å². The largest absolute Gasteiger partial charge is 0.483 e. The SMILES string of the molecule is CCC(CC)C(=O)C(C)Oc1cccc(Cl)c1. The molecule has 1 aromatic rings. The highest BCUT2D eigenvalue weighted by atomic mass is 35.5. The zero-order valence-electron chi connectivity index (χ0n) is 10.6. The number of hydrogen-bond donors (Lipinski definition) is 0. The average Bonchev–Trinajstić information content (AvgIpc) is 2.30. The topological polar surface area (TPSA) is 26.3 Å². The van der Waals surface area contributed by atoms with Gasteiger partial charge in [-0.1, -0.05) is 31.5 Å². The van der Waals surface area contributed by atoms with Crippen LogP contribution in [-0.2, 0) is 4.79 Å². The fraction of sp³-hybridized carbons (Fsp3) is 0.500. The van der Waals surface area contributed by atoms with Crippen molar-refractivity contribution in [3.05, 3.63) is 29.3 Å². The molecule has 1 atom stereocenters. The molecule has 0 bridgehead atoms. The van der Waals surface area contributed by atoms with Crippen LogP contribution in [0.15, 0.2) is 24.3 Å². The summed E-state index contributed by atoms with van der Waals surface area (Å²) in [7, 11) is 0. The van der Waals surface area contributed by atoms with Crippen LogP contribution < -0.4 is 4.74 Å². The van der Waals surface area contributed by atoms with Gasteiger partial charge in [-0.3, -0.25) is 4.79 Å². The first-order chi connectivity index (χ1) is 8.08. The summed E-state index contributed by atoms with van der Waals surface area (Å²) in [4.78, 5) is 12.0. The zero-order valence-corrected chi connectivity index (χ0v) is 11.3. The molecule has 0 fully saturated rings. The normalized spacial score (nSPS) is 12.5. The molecule has 17 heavy (non-hydrogen) atoms. The lowest BCUT2D eigenvalue weighted by Gasteiger charge is -2.18. The number of carbonyl (C=O) groups is 1. The molecule has 0 amide bonds. The average molecular weight is 255 g/mol. The predicted molar refractivity (Wildman–Crippen MR) is 70.6 cm³/mol. The van der Waals surface area contributed by atoms with Gasteiger partial charge in [-0.15, -0.1) is 0 Å². The first-order valence-electron chi connectivity index (χ1n) is 6.04. The van der Waals surface area contributed by atoms with Gasteiger partial charge in [-0.25, -0.2) is 0 Å². The van der Waals surface area contributed by atoms with Crippen molar-refractivity contribution in [2.45, 2.75) is 39.7 Å². The van der Waals surface area contributed by atoms with Gasteiger partial charge in [-0.05, 0) is 38.0 Å². The fourth-order valence-electron chi connectivity index (χ4n) is 1.83. The molecule has 0 aromatic heterocycles. The van der Waals surface area contributed by atoms with E-state index >= 15 is 0 Å². The molecule has 3 heteroatoms. The third-order valence-corrected chi connectivity index (χ3v) is 3.13. The van der Waals surface area contributed by atoms with Crippen LogP contribution in [0.3, 0.4) is 0 Å². The second kappa shape index (κ2) is 6.65. The Kier molecular flexibility index (Phi) is 5.49. The first kappa shape index (κ1) is 14.0. The van der Waals surface area contributed by atoms with Gasteiger partial charge >= 0.3 is 0 Å². The van der Waals surface area contributed by atoms with Gasteiger partial charge < -0.3 is 4.74 Å². The molecular formula is C14H19ClO2. The Balaban J connectivity index is 2.65. The van der Waals surface area contributed by atoms with E-state index in [2.05, 4.69) is 0 Å². The minimum Gasteiger partial charge on any atom is -0.483 e. The summed E-state index contributed by atoms with van der Waals surface area (Å²) in [6.45, 7) is 5.85. The quantitative estimate of drug-likeness (QED) is 0.764. The molecule has 1 rings (SSSR count). The van der Waals surface area contributed by atoms with E-state index < -0.39 is 6.10 Å². The summed E-state index contributed by atoms with van der Waals surface area (Å²) in [5.41, 5.74) is 0. The van der Waals surface area contributed by atoms with Crippen molar-refractivity contribution >= 4 is 17.4 Å². The standard InChI is InChI=1S/C14H19ClO2/c1-4-11(5-2)14(16)10(3)17-13-8-6-7-12(15)9-13/h6-11H,4-5H2,1-3H3. The smallest absolute Gasteiger partial charge is 0.176 e. The van der Waals surface area contributed by atoms with Crippen LogP contribution in [0.4, 0.5) is 0 Å². The van der Waals surface area contributed by atoms with Crippen molar-refractivity contribution in [2.75, 3.05) is 0 Å².